The fraction of sp³-hybridized carbons (Fsp3) is 0.188. The maximum atomic E-state index is 9.10. The van der Waals surface area contributed by atoms with Crippen LogP contribution >= 0.6 is 0 Å². The Morgan fingerprint density at radius 1 is 0.889 bits per heavy atom. The van der Waals surface area contributed by atoms with Gasteiger partial charge in [-0.15, -0.1) is 0 Å². The molecule has 0 aliphatic carbocycles. The van der Waals surface area contributed by atoms with Crippen LogP contribution in [0.4, 0.5) is 0 Å². The fourth-order valence-electron chi connectivity index (χ4n) is 1.94. The van der Waals surface area contributed by atoms with Gasteiger partial charge in [0.25, 0.3) is 0 Å². The highest BCUT2D eigenvalue weighted by Crippen LogP contribution is 2.27. The molecule has 0 spiro atoms. The van der Waals surface area contributed by atoms with Crippen LogP contribution < -0.4 is 4.74 Å². The van der Waals surface area contributed by atoms with Crippen molar-refractivity contribution in [2.75, 3.05) is 0 Å². The van der Waals surface area contributed by atoms with Gasteiger partial charge in [-0.2, -0.15) is 5.26 Å². The molecular formula is C16H15NO. The van der Waals surface area contributed by atoms with Gasteiger partial charge in [0.05, 0.1) is 5.56 Å². The average molecular weight is 237 g/mol. The van der Waals surface area contributed by atoms with E-state index in [2.05, 4.69) is 12.1 Å². The second-order valence-electron chi connectivity index (χ2n) is 4.54. The van der Waals surface area contributed by atoms with Crippen LogP contribution in [0.2, 0.25) is 0 Å². The van der Waals surface area contributed by atoms with Crippen molar-refractivity contribution in [1.82, 2.24) is 0 Å². The minimum Gasteiger partial charge on any atom is -0.456 e. The van der Waals surface area contributed by atoms with Gasteiger partial charge in [0.2, 0.25) is 0 Å². The first-order chi connectivity index (χ1) is 8.58. The van der Waals surface area contributed by atoms with Gasteiger partial charge in [-0.25, -0.2) is 0 Å². The molecule has 0 heterocycles. The lowest BCUT2D eigenvalue weighted by Crippen LogP contribution is -1.90. The van der Waals surface area contributed by atoms with Gasteiger partial charge in [-0.1, -0.05) is 12.1 Å². The molecule has 2 nitrogen and oxygen atoms in total. The minimum absolute atomic E-state index is 0.564. The monoisotopic (exact) mass is 237 g/mol. The van der Waals surface area contributed by atoms with Crippen LogP contribution in [0.3, 0.4) is 0 Å². The van der Waals surface area contributed by atoms with E-state index >= 15 is 0 Å². The molecule has 90 valence electrons. The van der Waals surface area contributed by atoms with Crippen molar-refractivity contribution in [3.63, 3.8) is 0 Å². The van der Waals surface area contributed by atoms with Gasteiger partial charge in [-0.3, -0.25) is 0 Å². The zero-order valence-electron chi connectivity index (χ0n) is 10.8. The van der Waals surface area contributed by atoms with Gasteiger partial charge in [0.15, 0.2) is 0 Å². The lowest BCUT2D eigenvalue weighted by Gasteiger charge is -2.09. The minimum atomic E-state index is 0.564. The van der Waals surface area contributed by atoms with E-state index in [0.717, 1.165) is 22.4 Å². The fourth-order valence-corrected chi connectivity index (χ4v) is 1.94. The molecule has 2 aromatic carbocycles. The maximum absolute atomic E-state index is 9.10. The number of hydrogen-bond donors (Lipinski definition) is 0. The van der Waals surface area contributed by atoms with Crippen LogP contribution in [0.15, 0.2) is 36.4 Å². The number of nitrogens with zero attached hydrogens (tertiary/aromatic N) is 1. The summed E-state index contributed by atoms with van der Waals surface area (Å²) in [5.41, 5.74) is 3.92. The Kier molecular flexibility index (Phi) is 3.34. The van der Waals surface area contributed by atoms with Crippen molar-refractivity contribution < 1.29 is 4.74 Å². The normalized spacial score (nSPS) is 9.89. The molecule has 0 radical (unpaired) electrons. The second-order valence-corrected chi connectivity index (χ2v) is 4.54. The molecule has 2 aromatic rings. The summed E-state index contributed by atoms with van der Waals surface area (Å²) in [6.07, 6.45) is 0. The first-order valence-corrected chi connectivity index (χ1v) is 5.85. The van der Waals surface area contributed by atoms with E-state index in [1.54, 1.807) is 0 Å². The predicted molar refractivity (Wildman–Crippen MR) is 71.9 cm³/mol. The molecule has 0 N–H and O–H groups in total. The smallest absolute Gasteiger partial charge is 0.145 e. The Morgan fingerprint density at radius 3 is 2.17 bits per heavy atom. The summed E-state index contributed by atoms with van der Waals surface area (Å²) in [6.45, 7) is 6.02. The molecule has 18 heavy (non-hydrogen) atoms. The van der Waals surface area contributed by atoms with Gasteiger partial charge < -0.3 is 4.74 Å². The standard InChI is InChI=1S/C16H15NO/c1-11-4-5-16(14(7-11)10-17)18-15-8-12(2)6-13(3)9-15/h4-9H,1-3H3. The molecule has 0 bridgehead atoms. The van der Waals surface area contributed by atoms with Crippen LogP contribution in [0.5, 0.6) is 11.5 Å². The highest BCUT2D eigenvalue weighted by Gasteiger charge is 2.05. The van der Waals surface area contributed by atoms with Crippen LogP contribution in [0, 0.1) is 32.1 Å². The molecule has 0 atom stereocenters. The molecule has 0 aliphatic rings. The number of benzene rings is 2. The molecule has 0 saturated heterocycles. The summed E-state index contributed by atoms with van der Waals surface area (Å²) >= 11 is 0. The quantitative estimate of drug-likeness (QED) is 0.781. The number of nitriles is 1. The van der Waals surface area contributed by atoms with E-state index in [-0.39, 0.29) is 0 Å². The van der Waals surface area contributed by atoms with Crippen molar-refractivity contribution in [1.29, 1.82) is 5.26 Å². The molecule has 0 amide bonds. The zero-order valence-corrected chi connectivity index (χ0v) is 10.8. The van der Waals surface area contributed by atoms with Crippen LogP contribution in [-0.2, 0) is 0 Å². The van der Waals surface area contributed by atoms with Crippen molar-refractivity contribution in [3.05, 3.63) is 58.7 Å². The van der Waals surface area contributed by atoms with E-state index in [4.69, 9.17) is 10.00 Å². The molecule has 2 rings (SSSR count). The van der Waals surface area contributed by atoms with E-state index in [1.807, 2.05) is 51.1 Å². The number of ether oxygens (including phenoxy) is 1. The molecule has 0 saturated carbocycles. The first kappa shape index (κ1) is 12.2. The van der Waals surface area contributed by atoms with Gasteiger partial charge >= 0.3 is 0 Å². The topological polar surface area (TPSA) is 33.0 Å². The van der Waals surface area contributed by atoms with Crippen molar-refractivity contribution in [2.45, 2.75) is 20.8 Å². The summed E-state index contributed by atoms with van der Waals surface area (Å²) in [4.78, 5) is 0. The Morgan fingerprint density at radius 2 is 1.56 bits per heavy atom. The summed E-state index contributed by atoms with van der Waals surface area (Å²) in [7, 11) is 0. The third-order valence-corrected chi connectivity index (χ3v) is 2.68. The molecular weight excluding hydrogens is 222 g/mol. The molecule has 0 aliphatic heterocycles. The highest BCUT2D eigenvalue weighted by atomic mass is 16.5. The number of hydrogen-bond acceptors (Lipinski definition) is 2. The van der Waals surface area contributed by atoms with Crippen molar-refractivity contribution in [2.24, 2.45) is 0 Å². The summed E-state index contributed by atoms with van der Waals surface area (Å²) in [6, 6.07) is 13.8. The Hall–Kier alpha value is -2.27. The highest BCUT2D eigenvalue weighted by molar-refractivity contribution is 5.47. The first-order valence-electron chi connectivity index (χ1n) is 5.85. The molecule has 0 fully saturated rings. The van der Waals surface area contributed by atoms with E-state index in [1.165, 1.54) is 0 Å². The van der Waals surface area contributed by atoms with Crippen LogP contribution in [-0.4, -0.2) is 0 Å². The van der Waals surface area contributed by atoms with Crippen LogP contribution in [0.1, 0.15) is 22.3 Å². The SMILES string of the molecule is Cc1cc(C)cc(Oc2ccc(C)cc2C#N)c1. The lowest BCUT2D eigenvalue weighted by atomic mass is 10.1. The lowest BCUT2D eigenvalue weighted by molar-refractivity contribution is 0.480. The van der Waals surface area contributed by atoms with Gasteiger partial charge in [0.1, 0.15) is 17.6 Å². The number of aryl methyl sites for hydroxylation is 3. The van der Waals surface area contributed by atoms with Gasteiger partial charge in [-0.05, 0) is 61.7 Å². The Bertz CT molecular complexity index is 603. The summed E-state index contributed by atoms with van der Waals surface area (Å²) in [5, 5.41) is 9.10. The van der Waals surface area contributed by atoms with Crippen molar-refractivity contribution >= 4 is 0 Å². The van der Waals surface area contributed by atoms with Crippen molar-refractivity contribution in [3.8, 4) is 17.6 Å². The Balaban J connectivity index is 2.37. The molecule has 0 aromatic heterocycles. The predicted octanol–water partition coefficient (Wildman–Crippen LogP) is 4.28. The molecule has 2 heteroatoms. The third kappa shape index (κ3) is 2.70. The second kappa shape index (κ2) is 4.93. The largest absolute Gasteiger partial charge is 0.456 e. The maximum Gasteiger partial charge on any atom is 0.145 e. The van der Waals surface area contributed by atoms with E-state index in [0.29, 0.717) is 11.3 Å². The van der Waals surface area contributed by atoms with Gasteiger partial charge in [0, 0.05) is 0 Å². The van der Waals surface area contributed by atoms with E-state index < -0.39 is 0 Å². The third-order valence-electron chi connectivity index (χ3n) is 2.68. The number of rotatable bonds is 2. The summed E-state index contributed by atoms with van der Waals surface area (Å²) < 4.78 is 5.79. The van der Waals surface area contributed by atoms with Crippen LogP contribution in [0.25, 0.3) is 0 Å². The summed E-state index contributed by atoms with van der Waals surface area (Å²) in [5.74, 6) is 1.38. The molecule has 0 unspecified atom stereocenters. The average Bonchev–Trinajstić information content (AvgIpc) is 2.30. The van der Waals surface area contributed by atoms with E-state index in [9.17, 15) is 0 Å². The Labute approximate surface area is 107 Å². The zero-order chi connectivity index (χ0) is 13.1.